The van der Waals surface area contributed by atoms with Crippen LogP contribution >= 0.6 is 11.3 Å². The number of hydrogen-bond donors (Lipinski definition) is 1. The minimum absolute atomic E-state index is 0.0215. The predicted octanol–water partition coefficient (Wildman–Crippen LogP) is 3.41. The van der Waals surface area contributed by atoms with E-state index in [4.69, 9.17) is 0 Å². The summed E-state index contributed by atoms with van der Waals surface area (Å²) in [6, 6.07) is 14.2. The molecule has 6 nitrogen and oxygen atoms in total. The van der Waals surface area contributed by atoms with E-state index < -0.39 is 0 Å². The van der Waals surface area contributed by atoms with Gasteiger partial charge in [-0.1, -0.05) is 37.3 Å². The normalized spacial score (nSPS) is 12.5. The van der Waals surface area contributed by atoms with E-state index in [2.05, 4.69) is 35.5 Å². The summed E-state index contributed by atoms with van der Waals surface area (Å²) in [5.74, 6) is -0.203. The number of thiophene rings is 1. The first-order valence-electron chi connectivity index (χ1n) is 9.88. The Hall–Kier alpha value is -2.93. The van der Waals surface area contributed by atoms with E-state index in [-0.39, 0.29) is 24.1 Å². The summed E-state index contributed by atoms with van der Waals surface area (Å²) in [4.78, 5) is 26.5. The fraction of sp³-hybridized carbons (Fsp3) is 0.318. The van der Waals surface area contributed by atoms with E-state index >= 15 is 0 Å². The number of rotatable bonds is 7. The zero-order valence-corrected chi connectivity index (χ0v) is 17.4. The molecule has 29 heavy (non-hydrogen) atoms. The molecular weight excluding hydrogens is 384 g/mol. The van der Waals surface area contributed by atoms with Crippen LogP contribution in [0.5, 0.6) is 0 Å². The first-order chi connectivity index (χ1) is 14.0. The summed E-state index contributed by atoms with van der Waals surface area (Å²) in [7, 11) is 0. The standard InChI is InChI=1S/C22H24N4O2S/c1-3-17-11-18-20(29-17)12-19-22(28)26(23-14-25(18)19)13-21(27)24-15(2)9-10-16-7-5-4-6-8-16/h4-8,11-12,14-15H,3,9-10,13H2,1-2H3,(H,24,27). The molecule has 4 aromatic rings. The van der Waals surface area contributed by atoms with Crippen LogP contribution in [0.1, 0.15) is 30.7 Å². The third-order valence-electron chi connectivity index (χ3n) is 5.10. The first kappa shape index (κ1) is 19.4. The Morgan fingerprint density at radius 1 is 1.21 bits per heavy atom. The van der Waals surface area contributed by atoms with Crippen LogP contribution in [0, 0.1) is 0 Å². The van der Waals surface area contributed by atoms with Gasteiger partial charge in [-0.05, 0) is 43.9 Å². The van der Waals surface area contributed by atoms with Gasteiger partial charge in [0.05, 0.1) is 10.2 Å². The fourth-order valence-corrected chi connectivity index (χ4v) is 4.52. The second-order valence-corrected chi connectivity index (χ2v) is 8.47. The van der Waals surface area contributed by atoms with Crippen molar-refractivity contribution in [2.75, 3.05) is 0 Å². The summed E-state index contributed by atoms with van der Waals surface area (Å²) in [5.41, 5.74) is 2.55. The van der Waals surface area contributed by atoms with Crippen LogP contribution in [0.15, 0.2) is 53.6 Å². The van der Waals surface area contributed by atoms with E-state index in [0.717, 1.165) is 29.5 Å². The van der Waals surface area contributed by atoms with Crippen LogP contribution in [-0.2, 0) is 24.2 Å². The molecule has 3 aromatic heterocycles. The number of fused-ring (bicyclic) bond motifs is 3. The first-order valence-corrected chi connectivity index (χ1v) is 10.7. The van der Waals surface area contributed by atoms with Crippen LogP contribution in [0.25, 0.3) is 15.7 Å². The minimum Gasteiger partial charge on any atom is -0.352 e. The Kier molecular flexibility index (Phi) is 5.49. The van der Waals surface area contributed by atoms with E-state index in [1.54, 1.807) is 17.7 Å². The van der Waals surface area contributed by atoms with Crippen molar-refractivity contribution in [1.82, 2.24) is 19.5 Å². The molecule has 1 amide bonds. The molecule has 0 radical (unpaired) electrons. The largest absolute Gasteiger partial charge is 0.352 e. The van der Waals surface area contributed by atoms with Crippen molar-refractivity contribution in [2.45, 2.75) is 45.7 Å². The molecule has 4 rings (SSSR count). The quantitative estimate of drug-likeness (QED) is 0.510. The average molecular weight is 409 g/mol. The van der Waals surface area contributed by atoms with E-state index in [1.807, 2.05) is 35.6 Å². The van der Waals surface area contributed by atoms with Crippen LogP contribution in [0.2, 0.25) is 0 Å². The summed E-state index contributed by atoms with van der Waals surface area (Å²) in [6.45, 7) is 4.01. The Morgan fingerprint density at radius 2 is 2.00 bits per heavy atom. The number of carbonyl (C=O) groups is 1. The van der Waals surface area contributed by atoms with Crippen molar-refractivity contribution in [2.24, 2.45) is 0 Å². The molecule has 3 heterocycles. The highest BCUT2D eigenvalue weighted by atomic mass is 32.1. The van der Waals surface area contributed by atoms with Crippen molar-refractivity contribution >= 4 is 33.0 Å². The highest BCUT2D eigenvalue weighted by Crippen LogP contribution is 2.28. The number of nitrogens with zero attached hydrogens (tertiary/aromatic N) is 3. The molecule has 0 aliphatic rings. The Labute approximate surface area is 172 Å². The summed E-state index contributed by atoms with van der Waals surface area (Å²) < 4.78 is 4.11. The van der Waals surface area contributed by atoms with Gasteiger partial charge in [0.15, 0.2) is 0 Å². The number of aryl methyl sites for hydroxylation is 2. The zero-order chi connectivity index (χ0) is 20.4. The van der Waals surface area contributed by atoms with Crippen molar-refractivity contribution in [3.8, 4) is 0 Å². The van der Waals surface area contributed by atoms with Crippen molar-refractivity contribution in [1.29, 1.82) is 0 Å². The molecule has 0 aliphatic heterocycles. The predicted molar refractivity (Wildman–Crippen MR) is 117 cm³/mol. The van der Waals surface area contributed by atoms with Gasteiger partial charge < -0.3 is 5.32 Å². The summed E-state index contributed by atoms with van der Waals surface area (Å²) in [6.07, 6.45) is 4.32. The average Bonchev–Trinajstić information content (AvgIpc) is 3.27. The molecule has 7 heteroatoms. The molecule has 150 valence electrons. The Balaban J connectivity index is 1.43. The van der Waals surface area contributed by atoms with Crippen LogP contribution in [0.3, 0.4) is 0 Å². The van der Waals surface area contributed by atoms with E-state index in [9.17, 15) is 9.59 Å². The maximum Gasteiger partial charge on any atom is 0.291 e. The Bertz CT molecular complexity index is 1210. The van der Waals surface area contributed by atoms with Gasteiger partial charge >= 0.3 is 0 Å². The highest BCUT2D eigenvalue weighted by molar-refractivity contribution is 7.19. The van der Waals surface area contributed by atoms with Gasteiger partial charge in [0.2, 0.25) is 5.91 Å². The molecule has 1 N–H and O–H groups in total. The highest BCUT2D eigenvalue weighted by Gasteiger charge is 2.14. The van der Waals surface area contributed by atoms with Crippen molar-refractivity contribution in [3.05, 3.63) is 69.6 Å². The molecular formula is C22H24N4O2S. The van der Waals surface area contributed by atoms with Gasteiger partial charge in [0.25, 0.3) is 5.56 Å². The number of carbonyl (C=O) groups excluding carboxylic acids is 1. The van der Waals surface area contributed by atoms with Crippen molar-refractivity contribution < 1.29 is 4.79 Å². The van der Waals surface area contributed by atoms with Crippen LogP contribution < -0.4 is 10.9 Å². The van der Waals surface area contributed by atoms with Gasteiger partial charge in [0, 0.05) is 10.9 Å². The number of nitrogens with one attached hydrogen (secondary N) is 1. The maximum atomic E-state index is 12.8. The number of hydrogen-bond acceptors (Lipinski definition) is 4. The van der Waals surface area contributed by atoms with E-state index in [0.29, 0.717) is 5.52 Å². The number of aromatic nitrogens is 3. The monoisotopic (exact) mass is 408 g/mol. The van der Waals surface area contributed by atoms with E-state index in [1.165, 1.54) is 15.1 Å². The molecule has 1 aromatic carbocycles. The molecule has 0 bridgehead atoms. The molecule has 0 saturated carbocycles. The molecule has 0 spiro atoms. The fourth-order valence-electron chi connectivity index (χ4n) is 3.49. The van der Waals surface area contributed by atoms with Gasteiger partial charge in [-0.25, -0.2) is 4.68 Å². The lowest BCUT2D eigenvalue weighted by Crippen LogP contribution is -2.38. The SMILES string of the molecule is CCc1cc2c(cc3c(=O)n(CC(=O)NC(C)CCc4ccccc4)ncn32)s1. The molecule has 0 fully saturated rings. The number of amides is 1. The molecule has 1 atom stereocenters. The van der Waals surface area contributed by atoms with Gasteiger partial charge in [0.1, 0.15) is 18.4 Å². The molecule has 0 aliphatic carbocycles. The zero-order valence-electron chi connectivity index (χ0n) is 16.6. The van der Waals surface area contributed by atoms with Crippen molar-refractivity contribution in [3.63, 3.8) is 0 Å². The lowest BCUT2D eigenvalue weighted by atomic mass is 10.1. The third kappa shape index (κ3) is 4.10. The maximum absolute atomic E-state index is 12.8. The third-order valence-corrected chi connectivity index (χ3v) is 6.31. The lowest BCUT2D eigenvalue weighted by Gasteiger charge is -2.14. The van der Waals surface area contributed by atoms with Gasteiger partial charge in [-0.15, -0.1) is 11.3 Å². The second-order valence-electron chi connectivity index (χ2n) is 7.30. The molecule has 0 saturated heterocycles. The smallest absolute Gasteiger partial charge is 0.291 e. The Morgan fingerprint density at radius 3 is 2.76 bits per heavy atom. The van der Waals surface area contributed by atoms with Crippen LogP contribution in [0.4, 0.5) is 0 Å². The minimum atomic E-state index is -0.249. The van der Waals surface area contributed by atoms with Gasteiger partial charge in [-0.2, -0.15) is 5.10 Å². The summed E-state index contributed by atoms with van der Waals surface area (Å²) in [5, 5.41) is 7.18. The lowest BCUT2D eigenvalue weighted by molar-refractivity contribution is -0.122. The topological polar surface area (TPSA) is 68.4 Å². The number of benzene rings is 1. The van der Waals surface area contributed by atoms with Crippen LogP contribution in [-0.4, -0.2) is 26.1 Å². The van der Waals surface area contributed by atoms with Gasteiger partial charge in [-0.3, -0.25) is 14.0 Å². The second kappa shape index (κ2) is 8.21. The summed E-state index contributed by atoms with van der Waals surface area (Å²) >= 11 is 1.69. The molecule has 1 unspecified atom stereocenters.